The first-order valence-electron chi connectivity index (χ1n) is 6.59. The summed E-state index contributed by atoms with van der Waals surface area (Å²) in [5.41, 5.74) is 2.16. The van der Waals surface area contributed by atoms with E-state index in [1.807, 2.05) is 19.1 Å². The SMILES string of the molecule is CCc1ccc(NC(=O)C(=O)Nc2ccc(O)cc2)cc1. The van der Waals surface area contributed by atoms with Crippen LogP contribution in [0.15, 0.2) is 48.5 Å². The third-order valence-electron chi connectivity index (χ3n) is 2.95. The predicted octanol–water partition coefficient (Wildman–Crippen LogP) is 2.53. The Bertz CT molecular complexity index is 634. The zero-order chi connectivity index (χ0) is 15.2. The van der Waals surface area contributed by atoms with Crippen LogP contribution in [-0.2, 0) is 16.0 Å². The lowest BCUT2D eigenvalue weighted by atomic mass is 10.1. The highest BCUT2D eigenvalue weighted by Crippen LogP contribution is 2.14. The van der Waals surface area contributed by atoms with Crippen LogP contribution in [0.4, 0.5) is 11.4 Å². The fourth-order valence-corrected chi connectivity index (χ4v) is 1.74. The van der Waals surface area contributed by atoms with E-state index in [1.165, 1.54) is 24.3 Å². The quantitative estimate of drug-likeness (QED) is 0.598. The van der Waals surface area contributed by atoms with Gasteiger partial charge in [-0.3, -0.25) is 9.59 Å². The Labute approximate surface area is 122 Å². The van der Waals surface area contributed by atoms with Gasteiger partial charge in [-0.15, -0.1) is 0 Å². The molecule has 0 saturated heterocycles. The van der Waals surface area contributed by atoms with E-state index < -0.39 is 11.8 Å². The number of phenolic OH excluding ortho intramolecular Hbond substituents is 1. The molecule has 0 saturated carbocycles. The Morgan fingerprint density at radius 1 is 0.857 bits per heavy atom. The minimum Gasteiger partial charge on any atom is -0.508 e. The van der Waals surface area contributed by atoms with Crippen molar-refractivity contribution >= 4 is 23.2 Å². The Balaban J connectivity index is 1.95. The average Bonchev–Trinajstić information content (AvgIpc) is 2.50. The van der Waals surface area contributed by atoms with Gasteiger partial charge in [-0.1, -0.05) is 19.1 Å². The second kappa shape index (κ2) is 6.56. The highest BCUT2D eigenvalue weighted by Gasteiger charge is 2.13. The van der Waals surface area contributed by atoms with E-state index in [1.54, 1.807) is 12.1 Å². The molecule has 2 rings (SSSR count). The number of rotatable bonds is 3. The molecule has 108 valence electrons. The van der Waals surface area contributed by atoms with Crippen molar-refractivity contribution in [3.8, 4) is 5.75 Å². The summed E-state index contributed by atoms with van der Waals surface area (Å²) >= 11 is 0. The highest BCUT2D eigenvalue weighted by molar-refractivity contribution is 6.43. The van der Waals surface area contributed by atoms with E-state index >= 15 is 0 Å². The van der Waals surface area contributed by atoms with Crippen LogP contribution < -0.4 is 10.6 Å². The smallest absolute Gasteiger partial charge is 0.314 e. The van der Waals surface area contributed by atoms with Crippen molar-refractivity contribution in [2.75, 3.05) is 10.6 Å². The number of hydrogen-bond acceptors (Lipinski definition) is 3. The molecule has 0 unspecified atom stereocenters. The zero-order valence-electron chi connectivity index (χ0n) is 11.6. The van der Waals surface area contributed by atoms with E-state index in [9.17, 15) is 9.59 Å². The van der Waals surface area contributed by atoms with Crippen LogP contribution >= 0.6 is 0 Å². The Kier molecular flexibility index (Phi) is 4.56. The van der Waals surface area contributed by atoms with E-state index in [4.69, 9.17) is 5.11 Å². The third-order valence-corrected chi connectivity index (χ3v) is 2.95. The molecule has 0 fully saturated rings. The number of hydrogen-bond donors (Lipinski definition) is 3. The molecule has 0 aliphatic carbocycles. The molecule has 5 heteroatoms. The van der Waals surface area contributed by atoms with Gasteiger partial charge in [-0.25, -0.2) is 0 Å². The van der Waals surface area contributed by atoms with E-state index in [0.717, 1.165) is 12.0 Å². The summed E-state index contributed by atoms with van der Waals surface area (Å²) in [6.07, 6.45) is 0.912. The number of amides is 2. The molecule has 0 radical (unpaired) electrons. The maximum absolute atomic E-state index is 11.8. The maximum Gasteiger partial charge on any atom is 0.314 e. The van der Waals surface area contributed by atoms with Gasteiger partial charge >= 0.3 is 11.8 Å². The molecular weight excluding hydrogens is 268 g/mol. The minimum absolute atomic E-state index is 0.0912. The number of aryl methyl sites for hydroxylation is 1. The van der Waals surface area contributed by atoms with Crippen LogP contribution in [0, 0.1) is 0 Å². The molecule has 2 amide bonds. The van der Waals surface area contributed by atoms with Gasteiger partial charge in [0.2, 0.25) is 0 Å². The molecule has 0 aromatic heterocycles. The summed E-state index contributed by atoms with van der Waals surface area (Å²) in [5.74, 6) is -1.42. The summed E-state index contributed by atoms with van der Waals surface area (Å²) in [7, 11) is 0. The maximum atomic E-state index is 11.8. The first-order chi connectivity index (χ1) is 10.1. The van der Waals surface area contributed by atoms with Crippen LogP contribution in [0.25, 0.3) is 0 Å². The van der Waals surface area contributed by atoms with Crippen molar-refractivity contribution in [2.45, 2.75) is 13.3 Å². The molecule has 0 atom stereocenters. The largest absolute Gasteiger partial charge is 0.508 e. The number of carbonyl (C=O) groups excluding carboxylic acids is 2. The average molecular weight is 284 g/mol. The second-order valence-corrected chi connectivity index (χ2v) is 4.51. The van der Waals surface area contributed by atoms with Gasteiger partial charge in [0.25, 0.3) is 0 Å². The van der Waals surface area contributed by atoms with Crippen LogP contribution in [0.2, 0.25) is 0 Å². The fraction of sp³-hybridized carbons (Fsp3) is 0.125. The number of carbonyl (C=O) groups is 2. The van der Waals surface area contributed by atoms with Crippen molar-refractivity contribution in [3.05, 3.63) is 54.1 Å². The number of aromatic hydroxyl groups is 1. The van der Waals surface area contributed by atoms with Crippen molar-refractivity contribution in [2.24, 2.45) is 0 Å². The molecule has 2 aromatic rings. The monoisotopic (exact) mass is 284 g/mol. The molecular formula is C16H16N2O3. The molecule has 3 N–H and O–H groups in total. The number of nitrogens with one attached hydrogen (secondary N) is 2. The van der Waals surface area contributed by atoms with Crippen LogP contribution in [-0.4, -0.2) is 16.9 Å². The standard InChI is InChI=1S/C16H16N2O3/c1-2-11-3-5-12(6-4-11)17-15(20)16(21)18-13-7-9-14(19)10-8-13/h3-10,19H,2H2,1H3,(H,17,20)(H,18,21). The number of benzene rings is 2. The fourth-order valence-electron chi connectivity index (χ4n) is 1.74. The van der Waals surface area contributed by atoms with E-state index in [0.29, 0.717) is 11.4 Å². The van der Waals surface area contributed by atoms with Crippen molar-refractivity contribution in [3.63, 3.8) is 0 Å². The van der Waals surface area contributed by atoms with Crippen molar-refractivity contribution in [1.82, 2.24) is 0 Å². The van der Waals surface area contributed by atoms with Gasteiger partial charge in [-0.05, 0) is 48.4 Å². The second-order valence-electron chi connectivity index (χ2n) is 4.51. The summed E-state index contributed by atoms with van der Waals surface area (Å²) in [6, 6.07) is 13.2. The molecule has 2 aromatic carbocycles. The van der Waals surface area contributed by atoms with Gasteiger partial charge in [0.05, 0.1) is 0 Å². The van der Waals surface area contributed by atoms with Gasteiger partial charge < -0.3 is 15.7 Å². The summed E-state index contributed by atoms with van der Waals surface area (Å²) in [5, 5.41) is 14.1. The lowest BCUT2D eigenvalue weighted by molar-refractivity contribution is -0.132. The Morgan fingerprint density at radius 2 is 1.29 bits per heavy atom. The third kappa shape index (κ3) is 4.07. The van der Waals surface area contributed by atoms with E-state index in [-0.39, 0.29) is 5.75 Å². The first kappa shape index (κ1) is 14.6. The molecule has 21 heavy (non-hydrogen) atoms. The van der Waals surface area contributed by atoms with Crippen LogP contribution in [0.5, 0.6) is 5.75 Å². The molecule has 0 bridgehead atoms. The summed E-state index contributed by atoms with van der Waals surface area (Å²) in [4.78, 5) is 23.5. The lowest BCUT2D eigenvalue weighted by Gasteiger charge is -2.07. The Morgan fingerprint density at radius 3 is 1.71 bits per heavy atom. The topological polar surface area (TPSA) is 78.4 Å². The number of phenols is 1. The minimum atomic E-state index is -0.764. The van der Waals surface area contributed by atoms with Gasteiger partial charge in [-0.2, -0.15) is 0 Å². The normalized spacial score (nSPS) is 9.95. The Hall–Kier alpha value is -2.82. The first-order valence-corrected chi connectivity index (χ1v) is 6.59. The van der Waals surface area contributed by atoms with E-state index in [2.05, 4.69) is 10.6 Å². The summed E-state index contributed by atoms with van der Waals surface area (Å²) in [6.45, 7) is 2.04. The predicted molar refractivity (Wildman–Crippen MR) is 81.2 cm³/mol. The summed E-state index contributed by atoms with van der Waals surface area (Å²) < 4.78 is 0. The van der Waals surface area contributed by atoms with Crippen molar-refractivity contribution < 1.29 is 14.7 Å². The van der Waals surface area contributed by atoms with Gasteiger partial charge in [0.15, 0.2) is 0 Å². The van der Waals surface area contributed by atoms with Crippen LogP contribution in [0.1, 0.15) is 12.5 Å². The zero-order valence-corrected chi connectivity index (χ0v) is 11.6. The molecule has 0 aliphatic rings. The molecule has 0 aliphatic heterocycles. The number of anilines is 2. The lowest BCUT2D eigenvalue weighted by Crippen LogP contribution is -2.29. The van der Waals surface area contributed by atoms with Crippen LogP contribution in [0.3, 0.4) is 0 Å². The van der Waals surface area contributed by atoms with Gasteiger partial charge in [0, 0.05) is 11.4 Å². The molecule has 5 nitrogen and oxygen atoms in total. The molecule has 0 heterocycles. The highest BCUT2D eigenvalue weighted by atomic mass is 16.3. The molecule has 0 spiro atoms. The van der Waals surface area contributed by atoms with Crippen molar-refractivity contribution in [1.29, 1.82) is 0 Å². The van der Waals surface area contributed by atoms with Gasteiger partial charge in [0.1, 0.15) is 5.75 Å².